The molecule has 1 aromatic carbocycles. The second-order valence-corrected chi connectivity index (χ2v) is 5.93. The summed E-state index contributed by atoms with van der Waals surface area (Å²) < 4.78 is 1.26. The third kappa shape index (κ3) is 3.07. The van der Waals surface area contributed by atoms with E-state index in [4.69, 9.17) is 5.84 Å². The van der Waals surface area contributed by atoms with E-state index in [1.165, 1.54) is 22.5 Å². The normalized spacial score (nSPS) is 14.8. The summed E-state index contributed by atoms with van der Waals surface area (Å²) in [4.78, 5) is 4.67. The summed E-state index contributed by atoms with van der Waals surface area (Å²) in [7, 11) is 0. The highest BCUT2D eigenvalue weighted by Gasteiger charge is 2.17. The van der Waals surface area contributed by atoms with Crippen LogP contribution in [-0.4, -0.2) is 11.0 Å². The smallest absolute Gasteiger partial charge is 0.0954 e. The maximum absolute atomic E-state index is 5.67. The number of hydrazine groups is 1. The lowest BCUT2D eigenvalue weighted by Crippen LogP contribution is -2.41. The number of nitrogens with two attached hydrogens (primary N) is 1. The van der Waals surface area contributed by atoms with Crippen molar-refractivity contribution in [3.05, 3.63) is 29.3 Å². The fourth-order valence-corrected chi connectivity index (χ4v) is 3.30. The topological polar surface area (TPSA) is 50.9 Å². The Labute approximate surface area is 112 Å². The lowest BCUT2D eigenvalue weighted by molar-refractivity contribution is 0.356. The fourth-order valence-electron chi connectivity index (χ4n) is 2.28. The lowest BCUT2D eigenvalue weighted by atomic mass is 9.95. The van der Waals surface area contributed by atoms with E-state index in [0.717, 1.165) is 11.9 Å². The fraction of sp³-hybridized carbons (Fsp3) is 0.500. The molecule has 0 aliphatic carbocycles. The van der Waals surface area contributed by atoms with Crippen LogP contribution in [0.2, 0.25) is 0 Å². The van der Waals surface area contributed by atoms with Crippen LogP contribution in [0.3, 0.4) is 0 Å². The Morgan fingerprint density at radius 3 is 2.83 bits per heavy atom. The van der Waals surface area contributed by atoms with Crippen molar-refractivity contribution >= 4 is 21.6 Å². The zero-order valence-corrected chi connectivity index (χ0v) is 11.8. The van der Waals surface area contributed by atoms with Gasteiger partial charge in [0.25, 0.3) is 0 Å². The minimum Gasteiger partial charge on any atom is -0.271 e. The van der Waals surface area contributed by atoms with Crippen LogP contribution in [0.25, 0.3) is 10.2 Å². The molecule has 0 radical (unpaired) electrons. The Bertz CT molecular complexity index is 461. The second kappa shape index (κ2) is 6.27. The maximum Gasteiger partial charge on any atom is 0.0954 e. The van der Waals surface area contributed by atoms with Crippen molar-refractivity contribution in [2.24, 2.45) is 11.8 Å². The Balaban J connectivity index is 2.11. The van der Waals surface area contributed by atoms with Gasteiger partial charge in [-0.25, -0.2) is 4.98 Å². The van der Waals surface area contributed by atoms with Crippen molar-refractivity contribution in [3.8, 4) is 0 Å². The minimum atomic E-state index is 0.311. The highest BCUT2D eigenvalue weighted by Crippen LogP contribution is 2.24. The van der Waals surface area contributed by atoms with E-state index < -0.39 is 0 Å². The van der Waals surface area contributed by atoms with E-state index in [1.54, 1.807) is 11.3 Å². The van der Waals surface area contributed by atoms with E-state index >= 15 is 0 Å². The summed E-state index contributed by atoms with van der Waals surface area (Å²) in [5.74, 6) is 6.25. The number of rotatable bonds is 6. The molecule has 0 saturated carbocycles. The molecular weight excluding hydrogens is 242 g/mol. The first-order valence-corrected chi connectivity index (χ1v) is 7.36. The average Bonchev–Trinajstić information content (AvgIpc) is 2.78. The van der Waals surface area contributed by atoms with Gasteiger partial charge in [-0.3, -0.25) is 11.3 Å². The molecular formula is C14H21N3S. The molecule has 0 fully saturated rings. The van der Waals surface area contributed by atoms with Gasteiger partial charge >= 0.3 is 0 Å². The molecule has 4 heteroatoms. The number of benzene rings is 1. The van der Waals surface area contributed by atoms with E-state index in [9.17, 15) is 0 Å². The molecule has 3 nitrogen and oxygen atoms in total. The maximum atomic E-state index is 5.67. The first-order chi connectivity index (χ1) is 8.74. The van der Waals surface area contributed by atoms with Crippen molar-refractivity contribution in [1.29, 1.82) is 0 Å². The molecule has 2 aromatic rings. The highest BCUT2D eigenvalue weighted by atomic mass is 32.1. The summed E-state index contributed by atoms with van der Waals surface area (Å²) >= 11 is 1.77. The third-order valence-corrected chi connectivity index (χ3v) is 4.44. The summed E-state index contributed by atoms with van der Waals surface area (Å²) in [6, 6.07) is 8.59. The van der Waals surface area contributed by atoms with Crippen molar-refractivity contribution in [3.63, 3.8) is 0 Å². The number of hydrogen-bond donors (Lipinski definition) is 2. The summed E-state index contributed by atoms with van der Waals surface area (Å²) in [6.45, 7) is 4.46. The Morgan fingerprint density at radius 2 is 2.17 bits per heavy atom. The van der Waals surface area contributed by atoms with Crippen LogP contribution in [0.5, 0.6) is 0 Å². The predicted octanol–water partition coefficient (Wildman–Crippen LogP) is 3.11. The Morgan fingerprint density at radius 1 is 1.39 bits per heavy atom. The van der Waals surface area contributed by atoms with Gasteiger partial charge in [-0.1, -0.05) is 32.4 Å². The largest absolute Gasteiger partial charge is 0.271 e. The number of fused-ring (bicyclic) bond motifs is 1. The summed E-state index contributed by atoms with van der Waals surface area (Å²) in [5, 5.41) is 1.17. The standard InChI is InChI=1S/C14H21N3S/c1-3-6-10(2)12(17-15)9-14-16-11-7-4-5-8-13(11)18-14/h4-5,7-8,10,12,17H,3,6,9,15H2,1-2H3. The number of hydrogen-bond acceptors (Lipinski definition) is 4. The molecule has 1 heterocycles. The van der Waals surface area contributed by atoms with Crippen LogP contribution in [0.1, 0.15) is 31.7 Å². The van der Waals surface area contributed by atoms with Gasteiger partial charge in [0.05, 0.1) is 15.2 Å². The number of nitrogens with one attached hydrogen (secondary N) is 1. The van der Waals surface area contributed by atoms with Crippen LogP contribution in [0, 0.1) is 5.92 Å². The van der Waals surface area contributed by atoms with Gasteiger partial charge in [-0.2, -0.15) is 0 Å². The molecule has 1 aromatic heterocycles. The summed E-state index contributed by atoms with van der Waals surface area (Å²) in [5.41, 5.74) is 4.04. The zero-order chi connectivity index (χ0) is 13.0. The molecule has 3 N–H and O–H groups in total. The second-order valence-electron chi connectivity index (χ2n) is 4.82. The summed E-state index contributed by atoms with van der Waals surface area (Å²) in [6.07, 6.45) is 3.30. The average molecular weight is 263 g/mol. The SMILES string of the molecule is CCCC(C)C(Cc1nc2ccccc2s1)NN. The number of para-hydroxylation sites is 1. The van der Waals surface area contributed by atoms with Gasteiger partial charge in [0.1, 0.15) is 0 Å². The van der Waals surface area contributed by atoms with Crippen molar-refractivity contribution in [2.45, 2.75) is 39.2 Å². The van der Waals surface area contributed by atoms with Crippen molar-refractivity contribution in [1.82, 2.24) is 10.4 Å². The monoisotopic (exact) mass is 263 g/mol. The van der Waals surface area contributed by atoms with Gasteiger partial charge in [-0.05, 0) is 24.5 Å². The lowest BCUT2D eigenvalue weighted by Gasteiger charge is -2.21. The number of aromatic nitrogens is 1. The van der Waals surface area contributed by atoms with E-state index in [1.807, 2.05) is 6.07 Å². The molecule has 2 unspecified atom stereocenters. The molecule has 18 heavy (non-hydrogen) atoms. The van der Waals surface area contributed by atoms with Crippen LogP contribution in [0.15, 0.2) is 24.3 Å². The molecule has 0 saturated heterocycles. The minimum absolute atomic E-state index is 0.311. The molecule has 0 bridgehead atoms. The van der Waals surface area contributed by atoms with E-state index in [2.05, 4.69) is 42.5 Å². The first kappa shape index (κ1) is 13.5. The van der Waals surface area contributed by atoms with Crippen LogP contribution >= 0.6 is 11.3 Å². The molecule has 0 aliphatic heterocycles. The van der Waals surface area contributed by atoms with Gasteiger partial charge in [-0.15, -0.1) is 11.3 Å². The molecule has 0 amide bonds. The van der Waals surface area contributed by atoms with Gasteiger partial charge in [0.2, 0.25) is 0 Å². The molecule has 98 valence electrons. The zero-order valence-electron chi connectivity index (χ0n) is 11.0. The predicted molar refractivity (Wildman–Crippen MR) is 78.5 cm³/mol. The first-order valence-electron chi connectivity index (χ1n) is 6.55. The van der Waals surface area contributed by atoms with Gasteiger partial charge in [0.15, 0.2) is 0 Å². The Hall–Kier alpha value is -0.970. The molecule has 2 rings (SSSR count). The Kier molecular flexibility index (Phi) is 4.69. The van der Waals surface area contributed by atoms with E-state index in [-0.39, 0.29) is 0 Å². The number of nitrogens with zero attached hydrogens (tertiary/aromatic N) is 1. The van der Waals surface area contributed by atoms with Crippen molar-refractivity contribution < 1.29 is 0 Å². The van der Waals surface area contributed by atoms with Crippen LogP contribution in [-0.2, 0) is 6.42 Å². The van der Waals surface area contributed by atoms with Crippen molar-refractivity contribution in [2.75, 3.05) is 0 Å². The molecule has 2 atom stereocenters. The van der Waals surface area contributed by atoms with Crippen LogP contribution < -0.4 is 11.3 Å². The highest BCUT2D eigenvalue weighted by molar-refractivity contribution is 7.18. The van der Waals surface area contributed by atoms with Gasteiger partial charge in [0, 0.05) is 12.5 Å². The molecule has 0 aliphatic rings. The number of thiazole rings is 1. The van der Waals surface area contributed by atoms with Crippen LogP contribution in [0.4, 0.5) is 0 Å². The quantitative estimate of drug-likeness (QED) is 0.622. The van der Waals surface area contributed by atoms with E-state index in [0.29, 0.717) is 12.0 Å². The molecule has 0 spiro atoms. The van der Waals surface area contributed by atoms with Gasteiger partial charge < -0.3 is 0 Å². The third-order valence-electron chi connectivity index (χ3n) is 3.38.